The fraction of sp³-hybridized carbons (Fsp3) is 0.333. The predicted octanol–water partition coefficient (Wildman–Crippen LogP) is 0.814. The third kappa shape index (κ3) is 1.67. The number of nitrogens with zero attached hydrogens (tertiary/aromatic N) is 4. The maximum Gasteiger partial charge on any atom is 0.255 e. The molecule has 16 heavy (non-hydrogen) atoms. The fourth-order valence-electron chi connectivity index (χ4n) is 1.20. The summed E-state index contributed by atoms with van der Waals surface area (Å²) >= 11 is 0. The SMILES string of the molecule is CC(C)c1nnc(-c2c(N)ncnc2N)o1. The molecule has 7 nitrogen and oxygen atoms in total. The third-order valence-electron chi connectivity index (χ3n) is 2.05. The molecule has 0 aliphatic heterocycles. The summed E-state index contributed by atoms with van der Waals surface area (Å²) < 4.78 is 5.43. The van der Waals surface area contributed by atoms with Gasteiger partial charge in [-0.05, 0) is 0 Å². The minimum atomic E-state index is 0.147. The normalized spacial score (nSPS) is 10.9. The molecule has 0 saturated heterocycles. The smallest absolute Gasteiger partial charge is 0.255 e. The molecule has 0 unspecified atom stereocenters. The van der Waals surface area contributed by atoms with E-state index in [0.29, 0.717) is 11.5 Å². The van der Waals surface area contributed by atoms with Gasteiger partial charge in [-0.1, -0.05) is 13.8 Å². The minimum Gasteiger partial charge on any atom is -0.420 e. The first-order chi connectivity index (χ1) is 7.59. The maximum absolute atomic E-state index is 5.68. The van der Waals surface area contributed by atoms with Gasteiger partial charge < -0.3 is 15.9 Å². The second-order valence-corrected chi connectivity index (χ2v) is 3.62. The summed E-state index contributed by atoms with van der Waals surface area (Å²) in [5.41, 5.74) is 11.8. The first kappa shape index (κ1) is 10.3. The molecule has 0 aliphatic rings. The van der Waals surface area contributed by atoms with E-state index in [1.165, 1.54) is 6.33 Å². The van der Waals surface area contributed by atoms with Crippen molar-refractivity contribution >= 4 is 11.6 Å². The Bertz CT molecular complexity index is 486. The van der Waals surface area contributed by atoms with Crippen molar-refractivity contribution in [2.45, 2.75) is 19.8 Å². The molecule has 2 aromatic heterocycles. The van der Waals surface area contributed by atoms with E-state index in [-0.39, 0.29) is 23.4 Å². The highest BCUT2D eigenvalue weighted by Gasteiger charge is 2.17. The summed E-state index contributed by atoms with van der Waals surface area (Å²) in [5.74, 6) is 1.38. The van der Waals surface area contributed by atoms with Crippen LogP contribution in [-0.2, 0) is 0 Å². The van der Waals surface area contributed by atoms with E-state index in [2.05, 4.69) is 20.2 Å². The molecule has 2 heterocycles. The standard InChI is InChI=1S/C9H12N6O/c1-4(2)8-14-15-9(16-8)5-6(10)12-3-13-7(5)11/h3-4H,1-2H3,(H4,10,11,12,13). The van der Waals surface area contributed by atoms with Gasteiger partial charge in [-0.15, -0.1) is 10.2 Å². The van der Waals surface area contributed by atoms with E-state index in [1.54, 1.807) is 0 Å². The van der Waals surface area contributed by atoms with Crippen LogP contribution in [0.1, 0.15) is 25.7 Å². The Morgan fingerprint density at radius 2 is 1.75 bits per heavy atom. The molecule has 2 aromatic rings. The molecule has 2 rings (SSSR count). The second kappa shape index (κ2) is 3.76. The van der Waals surface area contributed by atoms with Crippen LogP contribution in [0.4, 0.5) is 11.6 Å². The highest BCUT2D eigenvalue weighted by atomic mass is 16.4. The minimum absolute atomic E-state index is 0.147. The fourth-order valence-corrected chi connectivity index (χ4v) is 1.20. The molecule has 0 amide bonds. The number of nitrogens with two attached hydrogens (primary N) is 2. The van der Waals surface area contributed by atoms with Gasteiger partial charge in [0.25, 0.3) is 5.89 Å². The van der Waals surface area contributed by atoms with Gasteiger partial charge in [-0.25, -0.2) is 9.97 Å². The molecule has 0 spiro atoms. The lowest BCUT2D eigenvalue weighted by molar-refractivity contribution is 0.481. The summed E-state index contributed by atoms with van der Waals surface area (Å²) in [6, 6.07) is 0. The van der Waals surface area contributed by atoms with Crippen molar-refractivity contribution in [3.05, 3.63) is 12.2 Å². The molecule has 0 saturated carbocycles. The molecule has 0 aromatic carbocycles. The Kier molecular flexibility index (Phi) is 2.43. The lowest BCUT2D eigenvalue weighted by Crippen LogP contribution is -2.01. The highest BCUT2D eigenvalue weighted by Crippen LogP contribution is 2.28. The first-order valence-electron chi connectivity index (χ1n) is 4.79. The van der Waals surface area contributed by atoms with Gasteiger partial charge in [0.1, 0.15) is 23.5 Å². The van der Waals surface area contributed by atoms with Crippen molar-refractivity contribution in [1.82, 2.24) is 20.2 Å². The van der Waals surface area contributed by atoms with E-state index in [9.17, 15) is 0 Å². The van der Waals surface area contributed by atoms with E-state index in [1.807, 2.05) is 13.8 Å². The summed E-state index contributed by atoms with van der Waals surface area (Å²) in [5, 5.41) is 7.76. The Morgan fingerprint density at radius 3 is 2.25 bits per heavy atom. The van der Waals surface area contributed by atoms with Crippen LogP contribution in [0.2, 0.25) is 0 Å². The van der Waals surface area contributed by atoms with E-state index in [4.69, 9.17) is 15.9 Å². The van der Waals surface area contributed by atoms with Crippen molar-refractivity contribution < 1.29 is 4.42 Å². The zero-order chi connectivity index (χ0) is 11.7. The zero-order valence-corrected chi connectivity index (χ0v) is 9.01. The maximum atomic E-state index is 5.68. The van der Waals surface area contributed by atoms with E-state index in [0.717, 1.165) is 0 Å². The van der Waals surface area contributed by atoms with Crippen LogP contribution in [0.5, 0.6) is 0 Å². The van der Waals surface area contributed by atoms with Gasteiger partial charge in [0, 0.05) is 5.92 Å². The summed E-state index contributed by atoms with van der Waals surface area (Å²) in [7, 11) is 0. The molecule has 7 heteroatoms. The van der Waals surface area contributed by atoms with Crippen molar-refractivity contribution in [1.29, 1.82) is 0 Å². The first-order valence-corrected chi connectivity index (χ1v) is 4.79. The second-order valence-electron chi connectivity index (χ2n) is 3.62. The van der Waals surface area contributed by atoms with Gasteiger partial charge >= 0.3 is 0 Å². The van der Waals surface area contributed by atoms with E-state index >= 15 is 0 Å². The number of nitrogen functional groups attached to an aromatic ring is 2. The summed E-state index contributed by atoms with van der Waals surface area (Å²) in [4.78, 5) is 7.66. The lowest BCUT2D eigenvalue weighted by Gasteiger charge is -2.01. The van der Waals surface area contributed by atoms with Crippen LogP contribution in [0.15, 0.2) is 10.7 Å². The predicted molar refractivity (Wildman–Crippen MR) is 58.2 cm³/mol. The van der Waals surface area contributed by atoms with Crippen molar-refractivity contribution in [3.63, 3.8) is 0 Å². The summed E-state index contributed by atoms with van der Waals surface area (Å²) in [6.45, 7) is 3.90. The number of anilines is 2. The third-order valence-corrected chi connectivity index (χ3v) is 2.05. The van der Waals surface area contributed by atoms with Gasteiger partial charge in [-0.2, -0.15) is 0 Å². The Hall–Kier alpha value is -2.18. The van der Waals surface area contributed by atoms with Gasteiger partial charge in [0.15, 0.2) is 0 Å². The lowest BCUT2D eigenvalue weighted by atomic mass is 10.2. The molecule has 0 atom stereocenters. The molecule has 0 aliphatic carbocycles. The Balaban J connectivity index is 2.50. The van der Waals surface area contributed by atoms with Crippen LogP contribution in [0.25, 0.3) is 11.5 Å². The molecule has 4 N–H and O–H groups in total. The number of rotatable bonds is 2. The van der Waals surface area contributed by atoms with Crippen LogP contribution >= 0.6 is 0 Å². The van der Waals surface area contributed by atoms with Crippen LogP contribution in [-0.4, -0.2) is 20.2 Å². The average molecular weight is 220 g/mol. The van der Waals surface area contributed by atoms with Crippen LogP contribution in [0, 0.1) is 0 Å². The van der Waals surface area contributed by atoms with Gasteiger partial charge in [-0.3, -0.25) is 0 Å². The van der Waals surface area contributed by atoms with Crippen molar-refractivity contribution in [2.24, 2.45) is 0 Å². The number of hydrogen-bond donors (Lipinski definition) is 2. The molecule has 84 valence electrons. The van der Waals surface area contributed by atoms with Crippen molar-refractivity contribution in [3.8, 4) is 11.5 Å². The largest absolute Gasteiger partial charge is 0.420 e. The van der Waals surface area contributed by atoms with Crippen LogP contribution < -0.4 is 11.5 Å². The average Bonchev–Trinajstić information content (AvgIpc) is 2.66. The molecule has 0 radical (unpaired) electrons. The van der Waals surface area contributed by atoms with E-state index < -0.39 is 0 Å². The quantitative estimate of drug-likeness (QED) is 0.769. The molecular formula is C9H12N6O. The monoisotopic (exact) mass is 220 g/mol. The molecular weight excluding hydrogens is 208 g/mol. The summed E-state index contributed by atoms with van der Waals surface area (Å²) in [6.07, 6.45) is 1.29. The topological polar surface area (TPSA) is 117 Å². The Labute approximate surface area is 91.9 Å². The van der Waals surface area contributed by atoms with Gasteiger partial charge in [0.05, 0.1) is 0 Å². The highest BCUT2D eigenvalue weighted by molar-refractivity contribution is 5.76. The number of hydrogen-bond acceptors (Lipinski definition) is 7. The Morgan fingerprint density at radius 1 is 1.12 bits per heavy atom. The zero-order valence-electron chi connectivity index (χ0n) is 9.01. The van der Waals surface area contributed by atoms with Gasteiger partial charge in [0.2, 0.25) is 5.89 Å². The van der Waals surface area contributed by atoms with Crippen molar-refractivity contribution in [2.75, 3.05) is 11.5 Å². The molecule has 0 fully saturated rings. The number of aromatic nitrogens is 4. The molecule has 0 bridgehead atoms. The van der Waals surface area contributed by atoms with Crippen LogP contribution in [0.3, 0.4) is 0 Å².